The lowest BCUT2D eigenvalue weighted by molar-refractivity contribution is 0.102. The largest absolute Gasteiger partial charge is 0.322 e. The van der Waals surface area contributed by atoms with Gasteiger partial charge in [-0.3, -0.25) is 9.59 Å². The molecule has 3 aromatic carbocycles. The zero-order valence-corrected chi connectivity index (χ0v) is 15.9. The molecule has 0 aromatic heterocycles. The number of hydrogen-bond acceptors (Lipinski definition) is 2. The minimum Gasteiger partial charge on any atom is -0.322 e. The number of unbranched alkanes of at least 4 members (excludes halogenated alkanes) is 1. The van der Waals surface area contributed by atoms with Gasteiger partial charge in [-0.05, 0) is 66.9 Å². The van der Waals surface area contributed by atoms with Crippen LogP contribution < -0.4 is 10.6 Å². The highest BCUT2D eigenvalue weighted by atomic mass is 16.2. The van der Waals surface area contributed by atoms with Crippen molar-refractivity contribution in [1.29, 1.82) is 0 Å². The lowest BCUT2D eigenvalue weighted by atomic mass is 10.1. The summed E-state index contributed by atoms with van der Waals surface area (Å²) in [5.41, 5.74) is 3.82. The normalized spacial score (nSPS) is 10.3. The number of nitrogens with one attached hydrogen (secondary N) is 2. The summed E-state index contributed by atoms with van der Waals surface area (Å²) in [5.74, 6) is -0.358. The summed E-state index contributed by atoms with van der Waals surface area (Å²) in [4.78, 5) is 24.6. The van der Waals surface area contributed by atoms with Gasteiger partial charge in [-0.1, -0.05) is 43.7 Å². The predicted molar refractivity (Wildman–Crippen MR) is 114 cm³/mol. The van der Waals surface area contributed by atoms with Crippen molar-refractivity contribution in [2.45, 2.75) is 26.2 Å². The molecule has 0 radical (unpaired) electrons. The van der Waals surface area contributed by atoms with Crippen LogP contribution in [0.5, 0.6) is 0 Å². The highest BCUT2D eigenvalue weighted by Gasteiger charge is 2.08. The standard InChI is InChI=1S/C24H24N2O2/c1-2-3-7-18-10-14-21(15-11-18)25-24(28)20-12-16-22(17-13-20)26-23(27)19-8-5-4-6-9-19/h4-6,8-17H,2-3,7H2,1H3,(H,25,28)(H,26,27). The molecule has 0 saturated carbocycles. The first-order chi connectivity index (χ1) is 13.7. The number of amides is 2. The summed E-state index contributed by atoms with van der Waals surface area (Å²) >= 11 is 0. The van der Waals surface area contributed by atoms with Gasteiger partial charge in [-0.2, -0.15) is 0 Å². The van der Waals surface area contributed by atoms with Crippen LogP contribution in [0.3, 0.4) is 0 Å². The summed E-state index contributed by atoms with van der Waals surface area (Å²) in [7, 11) is 0. The number of rotatable bonds is 7. The summed E-state index contributed by atoms with van der Waals surface area (Å²) < 4.78 is 0. The molecule has 4 heteroatoms. The Morgan fingerprint density at radius 2 is 1.18 bits per heavy atom. The van der Waals surface area contributed by atoms with Crippen molar-refractivity contribution in [1.82, 2.24) is 0 Å². The van der Waals surface area contributed by atoms with E-state index in [1.165, 1.54) is 18.4 Å². The van der Waals surface area contributed by atoms with Crippen molar-refractivity contribution in [3.05, 3.63) is 95.6 Å². The molecular weight excluding hydrogens is 348 g/mol. The molecule has 0 fully saturated rings. The second-order valence-corrected chi connectivity index (χ2v) is 6.65. The molecule has 2 amide bonds. The fourth-order valence-corrected chi connectivity index (χ4v) is 2.84. The average molecular weight is 372 g/mol. The molecule has 0 atom stereocenters. The smallest absolute Gasteiger partial charge is 0.255 e. The van der Waals surface area contributed by atoms with E-state index in [1.54, 1.807) is 36.4 Å². The number of carbonyl (C=O) groups excluding carboxylic acids is 2. The Labute approximate surface area is 165 Å². The topological polar surface area (TPSA) is 58.2 Å². The van der Waals surface area contributed by atoms with Gasteiger partial charge in [-0.25, -0.2) is 0 Å². The van der Waals surface area contributed by atoms with E-state index >= 15 is 0 Å². The summed E-state index contributed by atoms with van der Waals surface area (Å²) in [6, 6.07) is 23.8. The summed E-state index contributed by atoms with van der Waals surface area (Å²) in [6.07, 6.45) is 3.39. The molecule has 0 heterocycles. The van der Waals surface area contributed by atoms with Gasteiger partial charge in [0.1, 0.15) is 0 Å². The van der Waals surface area contributed by atoms with Gasteiger partial charge >= 0.3 is 0 Å². The van der Waals surface area contributed by atoms with Crippen molar-refractivity contribution in [2.75, 3.05) is 10.6 Å². The maximum absolute atomic E-state index is 12.4. The summed E-state index contributed by atoms with van der Waals surface area (Å²) in [6.45, 7) is 2.17. The molecule has 0 aliphatic rings. The Morgan fingerprint density at radius 1 is 0.679 bits per heavy atom. The zero-order chi connectivity index (χ0) is 19.8. The fourth-order valence-electron chi connectivity index (χ4n) is 2.84. The Kier molecular flexibility index (Phi) is 6.58. The van der Waals surface area contributed by atoms with Crippen molar-refractivity contribution in [2.24, 2.45) is 0 Å². The SMILES string of the molecule is CCCCc1ccc(NC(=O)c2ccc(NC(=O)c3ccccc3)cc2)cc1. The van der Waals surface area contributed by atoms with Crippen molar-refractivity contribution in [3.8, 4) is 0 Å². The lowest BCUT2D eigenvalue weighted by Gasteiger charge is -2.08. The summed E-state index contributed by atoms with van der Waals surface area (Å²) in [5, 5.41) is 5.73. The molecule has 28 heavy (non-hydrogen) atoms. The molecule has 0 aliphatic heterocycles. The van der Waals surface area contributed by atoms with Gasteiger partial charge in [0.15, 0.2) is 0 Å². The first-order valence-corrected chi connectivity index (χ1v) is 9.52. The highest BCUT2D eigenvalue weighted by molar-refractivity contribution is 6.06. The Bertz CT molecular complexity index is 917. The first-order valence-electron chi connectivity index (χ1n) is 9.52. The number of benzene rings is 3. The van der Waals surface area contributed by atoms with E-state index in [2.05, 4.69) is 17.6 Å². The van der Waals surface area contributed by atoms with E-state index < -0.39 is 0 Å². The van der Waals surface area contributed by atoms with Gasteiger partial charge in [-0.15, -0.1) is 0 Å². The predicted octanol–water partition coefficient (Wildman–Crippen LogP) is 5.53. The number of hydrogen-bond donors (Lipinski definition) is 2. The van der Waals surface area contributed by atoms with Crippen LogP contribution in [-0.2, 0) is 6.42 Å². The fraction of sp³-hybridized carbons (Fsp3) is 0.167. The minimum absolute atomic E-state index is 0.178. The van der Waals surface area contributed by atoms with E-state index in [-0.39, 0.29) is 11.8 Å². The van der Waals surface area contributed by atoms with Crippen LogP contribution >= 0.6 is 0 Å². The third-order valence-corrected chi connectivity index (χ3v) is 4.47. The lowest BCUT2D eigenvalue weighted by Crippen LogP contribution is -2.13. The third kappa shape index (κ3) is 5.30. The van der Waals surface area contributed by atoms with E-state index in [9.17, 15) is 9.59 Å². The second-order valence-electron chi connectivity index (χ2n) is 6.65. The molecule has 0 saturated heterocycles. The zero-order valence-electron chi connectivity index (χ0n) is 15.9. The van der Waals surface area contributed by atoms with Crippen molar-refractivity contribution >= 4 is 23.2 Å². The van der Waals surface area contributed by atoms with E-state index in [4.69, 9.17) is 0 Å². The Morgan fingerprint density at radius 3 is 1.71 bits per heavy atom. The van der Waals surface area contributed by atoms with E-state index in [0.29, 0.717) is 16.8 Å². The molecule has 0 aliphatic carbocycles. The van der Waals surface area contributed by atoms with Crippen LogP contribution in [0.15, 0.2) is 78.9 Å². The second kappa shape index (κ2) is 9.51. The Hall–Kier alpha value is -3.40. The van der Waals surface area contributed by atoms with Crippen LogP contribution in [-0.4, -0.2) is 11.8 Å². The maximum Gasteiger partial charge on any atom is 0.255 e. The van der Waals surface area contributed by atoms with Gasteiger partial charge in [0, 0.05) is 22.5 Å². The number of carbonyl (C=O) groups is 2. The molecule has 142 valence electrons. The van der Waals surface area contributed by atoms with Crippen LogP contribution in [0, 0.1) is 0 Å². The van der Waals surface area contributed by atoms with Gasteiger partial charge in [0.2, 0.25) is 0 Å². The molecule has 3 aromatic rings. The van der Waals surface area contributed by atoms with E-state index in [1.807, 2.05) is 42.5 Å². The first kappa shape index (κ1) is 19.4. The van der Waals surface area contributed by atoms with Crippen molar-refractivity contribution < 1.29 is 9.59 Å². The highest BCUT2D eigenvalue weighted by Crippen LogP contribution is 2.15. The average Bonchev–Trinajstić information content (AvgIpc) is 2.74. The van der Waals surface area contributed by atoms with Gasteiger partial charge < -0.3 is 10.6 Å². The van der Waals surface area contributed by atoms with E-state index in [0.717, 1.165) is 12.1 Å². The van der Waals surface area contributed by atoms with Crippen LogP contribution in [0.1, 0.15) is 46.0 Å². The molecule has 3 rings (SSSR count). The van der Waals surface area contributed by atoms with Crippen LogP contribution in [0.2, 0.25) is 0 Å². The van der Waals surface area contributed by atoms with Gasteiger partial charge in [0.05, 0.1) is 0 Å². The Balaban J connectivity index is 1.58. The minimum atomic E-state index is -0.180. The quantitative estimate of drug-likeness (QED) is 0.572. The maximum atomic E-state index is 12.4. The monoisotopic (exact) mass is 372 g/mol. The third-order valence-electron chi connectivity index (χ3n) is 4.47. The van der Waals surface area contributed by atoms with Gasteiger partial charge in [0.25, 0.3) is 11.8 Å². The molecule has 0 bridgehead atoms. The molecular formula is C24H24N2O2. The van der Waals surface area contributed by atoms with Crippen LogP contribution in [0.4, 0.5) is 11.4 Å². The molecule has 0 spiro atoms. The van der Waals surface area contributed by atoms with Crippen LogP contribution in [0.25, 0.3) is 0 Å². The van der Waals surface area contributed by atoms with Crippen molar-refractivity contribution in [3.63, 3.8) is 0 Å². The number of anilines is 2. The molecule has 0 unspecified atom stereocenters. The molecule has 2 N–H and O–H groups in total. The number of aryl methyl sites for hydroxylation is 1. The molecule has 4 nitrogen and oxygen atoms in total.